The molecule has 0 saturated heterocycles. The van der Waals surface area contributed by atoms with Crippen LogP contribution in [0, 0.1) is 16.0 Å². The predicted octanol–water partition coefficient (Wildman–Crippen LogP) is 2.07. The topological polar surface area (TPSA) is 95.7 Å². The zero-order valence-electron chi connectivity index (χ0n) is 12.8. The molecule has 2 aliphatic carbocycles. The third-order valence-corrected chi connectivity index (χ3v) is 5.50. The fraction of sp³-hybridized carbons (Fsp3) is 0.667. The lowest BCUT2D eigenvalue weighted by Crippen LogP contribution is -2.54. The molecule has 8 heteroatoms. The third kappa shape index (κ3) is 4.49. The van der Waals surface area contributed by atoms with Crippen LogP contribution < -0.4 is 5.32 Å². The predicted molar refractivity (Wildman–Crippen MR) is 86.6 cm³/mol. The fourth-order valence-electron chi connectivity index (χ4n) is 3.01. The Morgan fingerprint density at radius 1 is 1.48 bits per heavy atom. The van der Waals surface area contributed by atoms with Gasteiger partial charge in [0.25, 0.3) is 0 Å². The molecule has 0 aromatic carbocycles. The average molecular weight is 339 g/mol. The van der Waals surface area contributed by atoms with Gasteiger partial charge in [0.15, 0.2) is 0 Å². The van der Waals surface area contributed by atoms with E-state index >= 15 is 0 Å². The lowest BCUT2D eigenvalue weighted by Gasteiger charge is -2.43. The maximum absolute atomic E-state index is 11.0. The van der Waals surface area contributed by atoms with E-state index in [2.05, 4.69) is 10.2 Å². The summed E-state index contributed by atoms with van der Waals surface area (Å²) in [6.07, 6.45) is 4.35. The van der Waals surface area contributed by atoms with Gasteiger partial charge in [-0.05, 0) is 37.2 Å². The summed E-state index contributed by atoms with van der Waals surface area (Å²) >= 11 is 1.15. The summed E-state index contributed by atoms with van der Waals surface area (Å²) < 4.78 is 0. The first-order chi connectivity index (χ1) is 11.0. The van der Waals surface area contributed by atoms with Crippen LogP contribution >= 0.6 is 11.3 Å². The molecular formula is C15H21N3O4S. The van der Waals surface area contributed by atoms with E-state index in [1.807, 2.05) is 5.38 Å². The van der Waals surface area contributed by atoms with E-state index in [0.29, 0.717) is 24.5 Å². The molecule has 1 heterocycles. The van der Waals surface area contributed by atoms with Gasteiger partial charge in [0, 0.05) is 36.6 Å². The van der Waals surface area contributed by atoms with Crippen LogP contribution in [0.2, 0.25) is 0 Å². The number of carbonyl (C=O) groups is 1. The minimum atomic E-state index is -0.757. The van der Waals surface area contributed by atoms with Crippen LogP contribution in [0.3, 0.4) is 0 Å². The molecular weight excluding hydrogens is 318 g/mol. The molecule has 2 saturated carbocycles. The van der Waals surface area contributed by atoms with Gasteiger partial charge < -0.3 is 10.4 Å². The molecule has 0 atom stereocenters. The zero-order valence-corrected chi connectivity index (χ0v) is 13.6. The molecule has 7 nitrogen and oxygen atoms in total. The molecule has 2 N–H and O–H groups in total. The number of nitro groups is 1. The Morgan fingerprint density at radius 3 is 2.78 bits per heavy atom. The smallest absolute Gasteiger partial charge is 0.324 e. The molecule has 1 aromatic heterocycles. The number of nitrogens with zero attached hydrogens (tertiary/aromatic N) is 2. The monoisotopic (exact) mass is 339 g/mol. The van der Waals surface area contributed by atoms with E-state index in [4.69, 9.17) is 5.11 Å². The van der Waals surface area contributed by atoms with Gasteiger partial charge in [-0.1, -0.05) is 11.3 Å². The molecule has 0 bridgehead atoms. The van der Waals surface area contributed by atoms with Gasteiger partial charge in [0.2, 0.25) is 0 Å². The van der Waals surface area contributed by atoms with Crippen molar-refractivity contribution in [1.29, 1.82) is 0 Å². The van der Waals surface area contributed by atoms with E-state index in [1.165, 1.54) is 12.8 Å². The highest BCUT2D eigenvalue weighted by molar-refractivity contribution is 7.13. The summed E-state index contributed by atoms with van der Waals surface area (Å²) in [7, 11) is 0. The number of carboxylic acid groups (broad SMARTS) is 1. The van der Waals surface area contributed by atoms with E-state index in [0.717, 1.165) is 36.3 Å². The zero-order chi connectivity index (χ0) is 16.4. The molecule has 0 amide bonds. The van der Waals surface area contributed by atoms with Crippen molar-refractivity contribution in [3.8, 4) is 0 Å². The minimum absolute atomic E-state index is 0.130. The van der Waals surface area contributed by atoms with E-state index in [1.54, 1.807) is 6.07 Å². The van der Waals surface area contributed by atoms with Crippen LogP contribution in [-0.2, 0) is 11.3 Å². The summed E-state index contributed by atoms with van der Waals surface area (Å²) in [5.74, 6) is -0.0691. The van der Waals surface area contributed by atoms with Gasteiger partial charge in [-0.3, -0.25) is 19.8 Å². The van der Waals surface area contributed by atoms with Gasteiger partial charge >= 0.3 is 11.0 Å². The molecule has 1 aromatic rings. The highest BCUT2D eigenvalue weighted by Crippen LogP contribution is 2.34. The molecule has 0 spiro atoms. The number of rotatable bonds is 9. The number of aliphatic carboxylic acids is 1. The molecule has 2 fully saturated rings. The molecule has 23 heavy (non-hydrogen) atoms. The van der Waals surface area contributed by atoms with Crippen LogP contribution in [0.15, 0.2) is 11.4 Å². The van der Waals surface area contributed by atoms with Gasteiger partial charge in [0.05, 0.1) is 11.5 Å². The molecule has 0 unspecified atom stereocenters. The van der Waals surface area contributed by atoms with Crippen LogP contribution in [-0.4, -0.2) is 46.1 Å². The average Bonchev–Trinajstić information content (AvgIpc) is 3.11. The standard InChI is InChI=1S/C15H21N3O4S/c19-15(20)8-17(7-10-1-2-10)13-4-12(5-13)16-6-11-3-14(18(21)22)23-9-11/h3,9-10,12-13,16H,1-2,4-8H2,(H,19,20). The number of thiophene rings is 1. The minimum Gasteiger partial charge on any atom is -0.480 e. The summed E-state index contributed by atoms with van der Waals surface area (Å²) in [4.78, 5) is 23.4. The Morgan fingerprint density at radius 2 is 2.22 bits per heavy atom. The number of carboxylic acids is 1. The Balaban J connectivity index is 1.42. The lowest BCUT2D eigenvalue weighted by atomic mass is 9.85. The second kappa shape index (κ2) is 6.94. The fourth-order valence-corrected chi connectivity index (χ4v) is 3.74. The van der Waals surface area contributed by atoms with Crippen molar-refractivity contribution in [2.45, 2.75) is 44.3 Å². The highest BCUT2D eigenvalue weighted by atomic mass is 32.1. The summed E-state index contributed by atoms with van der Waals surface area (Å²) in [5, 5.41) is 25.1. The maximum Gasteiger partial charge on any atom is 0.324 e. The van der Waals surface area contributed by atoms with E-state index < -0.39 is 5.97 Å². The normalized spacial score (nSPS) is 23.7. The van der Waals surface area contributed by atoms with Crippen LogP contribution in [0.25, 0.3) is 0 Å². The Bertz CT molecular complexity index is 581. The van der Waals surface area contributed by atoms with Crippen molar-refractivity contribution in [3.63, 3.8) is 0 Å². The number of hydrogen-bond acceptors (Lipinski definition) is 6. The first-order valence-corrected chi connectivity index (χ1v) is 8.80. The lowest BCUT2D eigenvalue weighted by molar-refractivity contribution is -0.380. The van der Waals surface area contributed by atoms with Crippen molar-refractivity contribution in [2.24, 2.45) is 5.92 Å². The largest absolute Gasteiger partial charge is 0.480 e. The SMILES string of the molecule is O=C(O)CN(CC1CC1)C1CC(NCc2csc([N+](=O)[O-])c2)C1. The van der Waals surface area contributed by atoms with Crippen LogP contribution in [0.5, 0.6) is 0 Å². The second-order valence-corrected chi connectivity index (χ2v) is 7.41. The highest BCUT2D eigenvalue weighted by Gasteiger charge is 2.36. The number of nitrogens with one attached hydrogen (secondary N) is 1. The van der Waals surface area contributed by atoms with Crippen molar-refractivity contribution < 1.29 is 14.8 Å². The molecule has 0 aliphatic heterocycles. The summed E-state index contributed by atoms with van der Waals surface area (Å²) in [5.41, 5.74) is 0.936. The summed E-state index contributed by atoms with van der Waals surface area (Å²) in [6, 6.07) is 2.33. The Kier molecular flexibility index (Phi) is 4.93. The molecule has 2 aliphatic rings. The van der Waals surface area contributed by atoms with Crippen molar-refractivity contribution >= 4 is 22.3 Å². The van der Waals surface area contributed by atoms with Gasteiger partial charge in [0.1, 0.15) is 0 Å². The van der Waals surface area contributed by atoms with Gasteiger partial charge in [-0.2, -0.15) is 0 Å². The van der Waals surface area contributed by atoms with E-state index in [-0.39, 0.29) is 16.5 Å². The van der Waals surface area contributed by atoms with Crippen molar-refractivity contribution in [1.82, 2.24) is 10.2 Å². The Hall–Kier alpha value is -1.51. The van der Waals surface area contributed by atoms with Gasteiger partial charge in [-0.15, -0.1) is 0 Å². The molecule has 0 radical (unpaired) electrons. The van der Waals surface area contributed by atoms with Gasteiger partial charge in [-0.25, -0.2) is 0 Å². The van der Waals surface area contributed by atoms with Crippen molar-refractivity contribution in [2.75, 3.05) is 13.1 Å². The molecule has 3 rings (SSSR count). The summed E-state index contributed by atoms with van der Waals surface area (Å²) in [6.45, 7) is 1.66. The first kappa shape index (κ1) is 16.4. The van der Waals surface area contributed by atoms with E-state index in [9.17, 15) is 14.9 Å². The third-order valence-electron chi connectivity index (χ3n) is 4.57. The van der Waals surface area contributed by atoms with Crippen LogP contribution in [0.4, 0.5) is 5.00 Å². The molecule has 126 valence electrons. The Labute approximate surface area is 138 Å². The second-order valence-electron chi connectivity index (χ2n) is 6.52. The first-order valence-electron chi connectivity index (χ1n) is 7.92. The maximum atomic E-state index is 11.0. The van der Waals surface area contributed by atoms with Crippen molar-refractivity contribution in [3.05, 3.63) is 27.1 Å². The quantitative estimate of drug-likeness (QED) is 0.528. The number of hydrogen-bond donors (Lipinski definition) is 2. The van der Waals surface area contributed by atoms with Crippen LogP contribution in [0.1, 0.15) is 31.2 Å².